The van der Waals surface area contributed by atoms with Gasteiger partial charge in [-0.15, -0.1) is 6.58 Å². The van der Waals surface area contributed by atoms with Crippen LogP contribution in [0.1, 0.15) is 12.1 Å². The maximum atomic E-state index is 10.5. The van der Waals surface area contributed by atoms with Crippen LogP contribution in [0.4, 0.5) is 5.69 Å². The molecule has 0 spiro atoms. The zero-order chi connectivity index (χ0) is 12.0. The molecule has 0 bridgehead atoms. The monoisotopic (exact) mass is 216 g/mol. The molecule has 0 atom stereocenters. The summed E-state index contributed by atoms with van der Waals surface area (Å²) in [6.45, 7) is 7.25. The van der Waals surface area contributed by atoms with Crippen molar-refractivity contribution in [1.82, 2.24) is 4.98 Å². The summed E-state index contributed by atoms with van der Waals surface area (Å²) in [6.07, 6.45) is 7.11. The van der Waals surface area contributed by atoms with Crippen LogP contribution in [-0.4, -0.2) is 9.91 Å². The summed E-state index contributed by atoms with van der Waals surface area (Å²) in [5, 5.41) is 10.5. The Morgan fingerprint density at radius 2 is 2.25 bits per heavy atom. The van der Waals surface area contributed by atoms with Gasteiger partial charge in [-0.1, -0.05) is 24.8 Å². The van der Waals surface area contributed by atoms with E-state index in [4.69, 9.17) is 0 Å². The van der Waals surface area contributed by atoms with E-state index in [1.807, 2.05) is 6.08 Å². The molecule has 0 unspecified atom stereocenters. The number of allylic oxidation sites excluding steroid dienone is 4. The van der Waals surface area contributed by atoms with Crippen molar-refractivity contribution in [2.45, 2.75) is 6.42 Å². The lowest BCUT2D eigenvalue weighted by molar-refractivity contribution is -0.385. The molecular weight excluding hydrogens is 204 g/mol. The van der Waals surface area contributed by atoms with Crippen molar-refractivity contribution in [1.29, 1.82) is 0 Å². The van der Waals surface area contributed by atoms with Crippen molar-refractivity contribution in [2.75, 3.05) is 0 Å². The lowest BCUT2D eigenvalue weighted by Gasteiger charge is -2.02. The third-order valence-electron chi connectivity index (χ3n) is 1.97. The van der Waals surface area contributed by atoms with Crippen LogP contribution < -0.4 is 0 Å². The van der Waals surface area contributed by atoms with Gasteiger partial charge in [0.15, 0.2) is 0 Å². The number of nitrogens with zero attached hydrogens (tertiary/aromatic N) is 2. The van der Waals surface area contributed by atoms with Gasteiger partial charge in [0.1, 0.15) is 6.20 Å². The Hall–Kier alpha value is -2.23. The van der Waals surface area contributed by atoms with Crippen LogP contribution in [0.25, 0.3) is 5.57 Å². The number of pyridine rings is 1. The highest BCUT2D eigenvalue weighted by molar-refractivity contribution is 5.65. The molecule has 0 saturated heterocycles. The van der Waals surface area contributed by atoms with E-state index in [0.717, 1.165) is 5.57 Å². The Morgan fingerprint density at radius 1 is 1.50 bits per heavy atom. The molecule has 0 aromatic carbocycles. The van der Waals surface area contributed by atoms with E-state index in [9.17, 15) is 10.1 Å². The van der Waals surface area contributed by atoms with Gasteiger partial charge in [0.05, 0.1) is 10.6 Å². The molecule has 0 aliphatic carbocycles. The van der Waals surface area contributed by atoms with Crippen molar-refractivity contribution in [3.63, 3.8) is 0 Å². The average Bonchev–Trinajstić information content (AvgIpc) is 2.29. The predicted molar refractivity (Wildman–Crippen MR) is 63.9 cm³/mol. The average molecular weight is 216 g/mol. The molecule has 0 fully saturated rings. The second-order valence-corrected chi connectivity index (χ2v) is 3.08. The van der Waals surface area contributed by atoms with Crippen LogP contribution in [0, 0.1) is 10.1 Å². The van der Waals surface area contributed by atoms with Crippen LogP contribution >= 0.6 is 0 Å². The molecule has 16 heavy (non-hydrogen) atoms. The number of hydrogen-bond donors (Lipinski definition) is 0. The highest BCUT2D eigenvalue weighted by atomic mass is 16.6. The van der Waals surface area contributed by atoms with Gasteiger partial charge < -0.3 is 0 Å². The first-order valence-electron chi connectivity index (χ1n) is 4.72. The van der Waals surface area contributed by atoms with Gasteiger partial charge in [-0.3, -0.25) is 10.1 Å². The molecule has 0 radical (unpaired) electrons. The predicted octanol–water partition coefficient (Wildman–Crippen LogP) is 3.14. The van der Waals surface area contributed by atoms with Crippen LogP contribution in [-0.2, 0) is 0 Å². The molecule has 1 aromatic heterocycles. The van der Waals surface area contributed by atoms with E-state index < -0.39 is 4.92 Å². The molecule has 1 heterocycles. The fraction of sp³-hybridized carbons (Fsp3) is 0.0833. The lowest BCUT2D eigenvalue weighted by atomic mass is 10.1. The molecule has 0 amide bonds. The molecule has 0 aliphatic rings. The minimum absolute atomic E-state index is 0.0136. The summed E-state index contributed by atoms with van der Waals surface area (Å²) in [7, 11) is 0. The number of rotatable bonds is 5. The molecule has 0 saturated carbocycles. The maximum Gasteiger partial charge on any atom is 0.287 e. The highest BCUT2D eigenvalue weighted by Gasteiger charge is 2.06. The van der Waals surface area contributed by atoms with Crippen molar-refractivity contribution in [2.24, 2.45) is 0 Å². The first-order valence-corrected chi connectivity index (χ1v) is 4.72. The summed E-state index contributed by atoms with van der Waals surface area (Å²) in [4.78, 5) is 14.0. The van der Waals surface area contributed by atoms with Gasteiger partial charge in [-0.05, 0) is 18.1 Å². The van der Waals surface area contributed by atoms with Crippen molar-refractivity contribution in [3.05, 3.63) is 65.5 Å². The van der Waals surface area contributed by atoms with E-state index in [1.165, 1.54) is 12.3 Å². The normalized spacial score (nSPS) is 10.9. The topological polar surface area (TPSA) is 56.0 Å². The SMILES string of the molecule is C=C/C=C(\CC=C)c1ccc([N+](=O)[O-])cn1. The minimum atomic E-state index is -0.471. The zero-order valence-electron chi connectivity index (χ0n) is 8.80. The first kappa shape index (κ1) is 11.8. The summed E-state index contributed by atoms with van der Waals surface area (Å²) in [5.41, 5.74) is 1.62. The summed E-state index contributed by atoms with van der Waals surface area (Å²) in [6, 6.07) is 3.05. The second-order valence-electron chi connectivity index (χ2n) is 3.08. The van der Waals surface area contributed by atoms with Gasteiger partial charge in [-0.2, -0.15) is 0 Å². The van der Waals surface area contributed by atoms with Gasteiger partial charge in [-0.25, -0.2) is 4.98 Å². The zero-order valence-corrected chi connectivity index (χ0v) is 8.80. The third-order valence-corrected chi connectivity index (χ3v) is 1.97. The van der Waals surface area contributed by atoms with Gasteiger partial charge in [0.25, 0.3) is 5.69 Å². The van der Waals surface area contributed by atoms with Crippen LogP contribution in [0.2, 0.25) is 0 Å². The van der Waals surface area contributed by atoms with Crippen LogP contribution in [0.5, 0.6) is 0 Å². The molecule has 4 heteroatoms. The van der Waals surface area contributed by atoms with Crippen molar-refractivity contribution in [3.8, 4) is 0 Å². The van der Waals surface area contributed by atoms with Crippen molar-refractivity contribution >= 4 is 11.3 Å². The smallest absolute Gasteiger partial charge is 0.258 e. The number of nitro groups is 1. The number of hydrogen-bond acceptors (Lipinski definition) is 3. The maximum absolute atomic E-state index is 10.5. The first-order chi connectivity index (χ1) is 7.69. The minimum Gasteiger partial charge on any atom is -0.258 e. The summed E-state index contributed by atoms with van der Waals surface area (Å²) in [5.74, 6) is 0. The summed E-state index contributed by atoms with van der Waals surface area (Å²) >= 11 is 0. The second kappa shape index (κ2) is 5.60. The Labute approximate surface area is 93.8 Å². The van der Waals surface area contributed by atoms with Crippen LogP contribution in [0.15, 0.2) is 49.7 Å². The van der Waals surface area contributed by atoms with E-state index in [2.05, 4.69) is 18.1 Å². The standard InChI is InChI=1S/C12H12N2O2/c1-3-5-10(6-4-2)12-8-7-11(9-13-12)14(15)16/h3-5,7-9H,1-2,6H2/b10-5+. The Bertz CT molecular complexity index is 433. The quantitative estimate of drug-likeness (QED) is 0.329. The third kappa shape index (κ3) is 2.88. The highest BCUT2D eigenvalue weighted by Crippen LogP contribution is 2.18. The largest absolute Gasteiger partial charge is 0.287 e. The Morgan fingerprint density at radius 3 is 2.69 bits per heavy atom. The van der Waals surface area contributed by atoms with E-state index >= 15 is 0 Å². The molecule has 4 nitrogen and oxygen atoms in total. The fourth-order valence-corrected chi connectivity index (χ4v) is 1.24. The van der Waals surface area contributed by atoms with Gasteiger partial charge >= 0.3 is 0 Å². The molecule has 0 aliphatic heterocycles. The van der Waals surface area contributed by atoms with Gasteiger partial charge in [0.2, 0.25) is 0 Å². The lowest BCUT2D eigenvalue weighted by Crippen LogP contribution is -1.92. The van der Waals surface area contributed by atoms with E-state index in [-0.39, 0.29) is 5.69 Å². The summed E-state index contributed by atoms with van der Waals surface area (Å²) < 4.78 is 0. The van der Waals surface area contributed by atoms with Crippen molar-refractivity contribution < 1.29 is 4.92 Å². The molecule has 82 valence electrons. The molecule has 0 N–H and O–H groups in total. The van der Waals surface area contributed by atoms with Crippen LogP contribution in [0.3, 0.4) is 0 Å². The fourth-order valence-electron chi connectivity index (χ4n) is 1.24. The number of aromatic nitrogens is 1. The molecule has 1 rings (SSSR count). The van der Waals surface area contributed by atoms with Gasteiger partial charge in [0, 0.05) is 6.07 Å². The Balaban J connectivity index is 3.02. The molecule has 1 aromatic rings. The van der Waals surface area contributed by atoms with E-state index in [1.54, 1.807) is 18.2 Å². The molecular formula is C12H12N2O2. The van der Waals surface area contributed by atoms with E-state index in [0.29, 0.717) is 12.1 Å². The Kier molecular flexibility index (Phi) is 4.15.